The Morgan fingerprint density at radius 1 is 0.800 bits per heavy atom. The number of non-ortho nitro benzene ring substituents is 1. The van der Waals surface area contributed by atoms with E-state index in [4.69, 9.17) is 24.7 Å². The highest BCUT2D eigenvalue weighted by Crippen LogP contribution is 2.27. The third-order valence-electron chi connectivity index (χ3n) is 10.7. The van der Waals surface area contributed by atoms with E-state index < -0.39 is 46.9 Å². The maximum atomic E-state index is 13.6. The Kier molecular flexibility index (Phi) is 20.2. The van der Waals surface area contributed by atoms with Crippen LogP contribution in [0, 0.1) is 33.8 Å². The smallest absolute Gasteiger partial charge is 0.447 e. The molecule has 4 aromatic rings. The summed E-state index contributed by atoms with van der Waals surface area (Å²) in [6.45, 7) is 3.84. The Hall–Kier alpha value is -8.31. The standard InChI is InChI=1S/C50H55N7O13/c1-33(2)46(55-49(63)68-29-28-67-27-26-52-44(59)23-24-45(60)56-31-38-10-4-3-8-35(38)15-16-36-9-5-6-12-42(36)56)43(58)30-37(11-7-25-53-48(51)62)47(61)54-39-17-13-34(14-18-39)32-69-50(64)70-41-21-19-40(20-22-41)57(65)66/h3-6,8-10,12-14,17-22,33,37,46H,7,11,23-32H2,1-2H3,(H,52,59)(H,54,61)(H,55,63)(H3,51,53,62)/t37-,46+/m1/s1. The zero-order chi connectivity index (χ0) is 50.4. The average Bonchev–Trinajstić information content (AvgIpc) is 3.33. The highest BCUT2D eigenvalue weighted by Gasteiger charge is 2.30. The van der Waals surface area contributed by atoms with E-state index in [1.165, 1.54) is 24.3 Å². The minimum absolute atomic E-state index is 0.00674. The zero-order valence-electron chi connectivity index (χ0n) is 38.7. The molecule has 20 nitrogen and oxygen atoms in total. The number of Topliss-reactive ketones (excluding diaryl/α,β-unsaturated/α-hetero) is 1. The third kappa shape index (κ3) is 17.1. The van der Waals surface area contributed by atoms with Crippen LogP contribution in [-0.4, -0.2) is 85.7 Å². The molecule has 6 amide bonds. The number of nitro groups is 1. The molecule has 0 radical (unpaired) electrons. The van der Waals surface area contributed by atoms with E-state index in [1.807, 2.05) is 48.5 Å². The van der Waals surface area contributed by atoms with Gasteiger partial charge in [0.1, 0.15) is 19.0 Å². The number of benzene rings is 4. The van der Waals surface area contributed by atoms with Gasteiger partial charge in [0.25, 0.3) is 5.69 Å². The molecule has 70 heavy (non-hydrogen) atoms. The van der Waals surface area contributed by atoms with Crippen molar-refractivity contribution >= 4 is 58.8 Å². The van der Waals surface area contributed by atoms with Crippen molar-refractivity contribution in [3.8, 4) is 17.6 Å². The molecule has 2 atom stereocenters. The molecule has 6 N–H and O–H groups in total. The highest BCUT2D eigenvalue weighted by molar-refractivity contribution is 5.98. The Bertz CT molecular complexity index is 2560. The summed E-state index contributed by atoms with van der Waals surface area (Å²) < 4.78 is 20.9. The molecule has 0 fully saturated rings. The second-order valence-corrected chi connectivity index (χ2v) is 16.2. The summed E-state index contributed by atoms with van der Waals surface area (Å²) in [4.78, 5) is 101. The maximum absolute atomic E-state index is 13.6. The van der Waals surface area contributed by atoms with E-state index >= 15 is 0 Å². The van der Waals surface area contributed by atoms with Crippen molar-refractivity contribution in [2.75, 3.05) is 43.1 Å². The van der Waals surface area contributed by atoms with Crippen molar-refractivity contribution in [2.45, 2.75) is 65.1 Å². The van der Waals surface area contributed by atoms with E-state index in [0.29, 0.717) is 29.9 Å². The summed E-state index contributed by atoms with van der Waals surface area (Å²) in [5, 5.41) is 21.4. The van der Waals surface area contributed by atoms with Gasteiger partial charge < -0.3 is 50.8 Å². The predicted octanol–water partition coefficient (Wildman–Crippen LogP) is 5.88. The number of fused-ring (bicyclic) bond motifs is 2. The van der Waals surface area contributed by atoms with Gasteiger partial charge in [-0.25, -0.2) is 14.4 Å². The minimum atomic E-state index is -1.03. The number of nitro benzene ring substituents is 1. The van der Waals surface area contributed by atoms with Gasteiger partial charge in [-0.3, -0.25) is 29.3 Å². The van der Waals surface area contributed by atoms with Crippen molar-refractivity contribution in [3.05, 3.63) is 129 Å². The number of rotatable bonds is 24. The maximum Gasteiger partial charge on any atom is 0.514 e. The lowest BCUT2D eigenvalue weighted by Crippen LogP contribution is -2.46. The largest absolute Gasteiger partial charge is 0.514 e. The zero-order valence-corrected chi connectivity index (χ0v) is 38.7. The van der Waals surface area contributed by atoms with Gasteiger partial charge in [0.2, 0.25) is 17.7 Å². The monoisotopic (exact) mass is 961 g/mol. The molecule has 0 aliphatic carbocycles. The molecular formula is C50H55N7O13. The Labute approximate surface area is 404 Å². The summed E-state index contributed by atoms with van der Waals surface area (Å²) in [7, 11) is 0. The molecule has 4 aromatic carbocycles. The number of para-hydroxylation sites is 1. The van der Waals surface area contributed by atoms with Crippen LogP contribution in [0.2, 0.25) is 0 Å². The molecule has 1 heterocycles. The number of ether oxygens (including phenoxy) is 4. The molecule has 0 aromatic heterocycles. The van der Waals surface area contributed by atoms with E-state index in [-0.39, 0.29) is 94.4 Å². The van der Waals surface area contributed by atoms with Crippen molar-refractivity contribution in [3.63, 3.8) is 0 Å². The first-order valence-corrected chi connectivity index (χ1v) is 22.5. The van der Waals surface area contributed by atoms with Gasteiger partial charge in [0.05, 0.1) is 36.4 Å². The molecule has 1 aliphatic heterocycles. The van der Waals surface area contributed by atoms with Crippen LogP contribution in [0.3, 0.4) is 0 Å². The predicted molar refractivity (Wildman–Crippen MR) is 255 cm³/mol. The van der Waals surface area contributed by atoms with E-state index in [0.717, 1.165) is 16.7 Å². The number of nitrogens with two attached hydrogens (primary N) is 1. The van der Waals surface area contributed by atoms with Crippen molar-refractivity contribution in [2.24, 2.45) is 17.6 Å². The molecule has 368 valence electrons. The fourth-order valence-corrected chi connectivity index (χ4v) is 7.09. The van der Waals surface area contributed by atoms with Crippen LogP contribution in [0.5, 0.6) is 5.75 Å². The quantitative estimate of drug-likeness (QED) is 0.0137. The number of ketones is 1. The van der Waals surface area contributed by atoms with Crippen LogP contribution < -0.4 is 36.6 Å². The number of hydrogen-bond acceptors (Lipinski definition) is 13. The van der Waals surface area contributed by atoms with Crippen molar-refractivity contribution in [1.29, 1.82) is 0 Å². The number of carbonyl (C=O) groups is 7. The summed E-state index contributed by atoms with van der Waals surface area (Å²) in [6, 6.07) is 24.5. The highest BCUT2D eigenvalue weighted by atomic mass is 16.7. The van der Waals surface area contributed by atoms with Crippen LogP contribution in [0.1, 0.15) is 68.2 Å². The van der Waals surface area contributed by atoms with Crippen molar-refractivity contribution < 1.29 is 57.4 Å². The summed E-state index contributed by atoms with van der Waals surface area (Å²) in [6.07, 6.45) is -1.72. The van der Waals surface area contributed by atoms with Gasteiger partial charge in [-0.2, -0.15) is 0 Å². The third-order valence-corrected chi connectivity index (χ3v) is 10.7. The second-order valence-electron chi connectivity index (χ2n) is 16.2. The SMILES string of the molecule is CC(C)[C@H](NC(=O)OCCOCCNC(=O)CCC(=O)N1Cc2ccccc2C#Cc2ccccc21)C(=O)C[C@@H](CCCNC(N)=O)C(=O)Nc1ccc(COC(=O)Oc2ccc([N+](=O)[O-])cc2)cc1. The van der Waals surface area contributed by atoms with Crippen LogP contribution in [-0.2, 0) is 46.5 Å². The number of nitrogens with zero attached hydrogens (tertiary/aromatic N) is 2. The molecule has 20 heteroatoms. The molecule has 5 rings (SSSR count). The number of primary amides is 1. The Morgan fingerprint density at radius 3 is 2.21 bits per heavy atom. The number of hydrogen-bond donors (Lipinski definition) is 5. The molecular weight excluding hydrogens is 907 g/mol. The Morgan fingerprint density at radius 2 is 1.50 bits per heavy atom. The van der Waals surface area contributed by atoms with Gasteiger partial charge in [0.15, 0.2) is 5.78 Å². The fraction of sp³-hybridized carbons (Fsp3) is 0.340. The van der Waals surface area contributed by atoms with Gasteiger partial charge in [-0.05, 0) is 72.4 Å². The summed E-state index contributed by atoms with van der Waals surface area (Å²) >= 11 is 0. The van der Waals surface area contributed by atoms with Crippen molar-refractivity contribution in [1.82, 2.24) is 16.0 Å². The number of amides is 6. The Balaban J connectivity index is 1.01. The fourth-order valence-electron chi connectivity index (χ4n) is 7.09. The average molecular weight is 962 g/mol. The molecule has 0 spiro atoms. The first-order chi connectivity index (χ1) is 33.7. The van der Waals surface area contributed by atoms with Gasteiger partial charge in [-0.1, -0.05) is 68.2 Å². The summed E-state index contributed by atoms with van der Waals surface area (Å²) in [5.74, 6) is 3.67. The van der Waals surface area contributed by atoms with E-state index in [1.54, 1.807) is 43.0 Å². The van der Waals surface area contributed by atoms with Crippen LogP contribution >= 0.6 is 0 Å². The first-order valence-electron chi connectivity index (χ1n) is 22.5. The number of urea groups is 1. The second kappa shape index (κ2) is 26.9. The molecule has 0 saturated carbocycles. The van der Waals surface area contributed by atoms with Gasteiger partial charge in [-0.15, -0.1) is 0 Å². The normalized spacial score (nSPS) is 12.2. The van der Waals surface area contributed by atoms with Gasteiger partial charge >= 0.3 is 18.3 Å². The van der Waals surface area contributed by atoms with Gasteiger partial charge in [0, 0.05) is 67.2 Å². The van der Waals surface area contributed by atoms with E-state index in [2.05, 4.69) is 33.1 Å². The lowest BCUT2D eigenvalue weighted by Gasteiger charge is -2.26. The van der Waals surface area contributed by atoms with E-state index in [9.17, 15) is 43.7 Å². The lowest BCUT2D eigenvalue weighted by molar-refractivity contribution is -0.384. The number of alkyl carbamates (subject to hydrolysis) is 1. The molecule has 0 bridgehead atoms. The molecule has 0 saturated heterocycles. The minimum Gasteiger partial charge on any atom is -0.447 e. The number of anilines is 2. The van der Waals surface area contributed by atoms with Crippen LogP contribution in [0.15, 0.2) is 97.1 Å². The lowest BCUT2D eigenvalue weighted by atomic mass is 9.89. The van der Waals surface area contributed by atoms with Crippen LogP contribution in [0.25, 0.3) is 0 Å². The van der Waals surface area contributed by atoms with Crippen LogP contribution in [0.4, 0.5) is 31.4 Å². The molecule has 1 aliphatic rings. The number of carbonyl (C=O) groups excluding carboxylic acids is 7. The molecule has 0 unspecified atom stereocenters. The number of nitrogens with one attached hydrogen (secondary N) is 4. The summed E-state index contributed by atoms with van der Waals surface area (Å²) in [5.41, 5.74) is 9.09. The topological polar surface area (TPSA) is 277 Å². The first kappa shape index (κ1) is 52.7.